The van der Waals surface area contributed by atoms with E-state index < -0.39 is 17.2 Å². The van der Waals surface area contributed by atoms with Crippen molar-refractivity contribution >= 4 is 5.97 Å². The lowest BCUT2D eigenvalue weighted by Gasteiger charge is -2.22. The third-order valence-electron chi connectivity index (χ3n) is 2.44. The number of halogens is 1. The van der Waals surface area contributed by atoms with E-state index in [1.807, 2.05) is 6.07 Å². The Bertz CT molecular complexity index is 461. The molecule has 0 saturated carbocycles. The predicted octanol–water partition coefficient (Wildman–Crippen LogP) is 2.15. The number of carbonyl (C=O) groups excluding carboxylic acids is 1. The number of methoxy groups -OCH3 is 1. The van der Waals surface area contributed by atoms with Crippen LogP contribution in [0, 0.1) is 17.1 Å². The maximum Gasteiger partial charge on any atom is 0.315 e. The van der Waals surface area contributed by atoms with Crippen LogP contribution in [0.25, 0.3) is 0 Å². The van der Waals surface area contributed by atoms with Crippen LogP contribution in [0.3, 0.4) is 0 Å². The lowest BCUT2D eigenvalue weighted by molar-refractivity contribution is -0.146. The van der Waals surface area contributed by atoms with Crippen molar-refractivity contribution in [1.82, 2.24) is 0 Å². The molecule has 4 heteroatoms. The molecule has 0 aliphatic carbocycles. The molecule has 1 aromatic carbocycles. The van der Waals surface area contributed by atoms with Gasteiger partial charge in [0.05, 0.1) is 24.2 Å². The number of carbonyl (C=O) groups is 1. The summed E-state index contributed by atoms with van der Waals surface area (Å²) >= 11 is 0. The van der Waals surface area contributed by atoms with Crippen molar-refractivity contribution in [3.63, 3.8) is 0 Å². The summed E-state index contributed by atoms with van der Waals surface area (Å²) in [4.78, 5) is 11.5. The van der Waals surface area contributed by atoms with Crippen LogP contribution in [0.2, 0.25) is 0 Å². The molecule has 0 radical (unpaired) electrons. The van der Waals surface area contributed by atoms with Gasteiger partial charge < -0.3 is 4.74 Å². The lowest BCUT2D eigenvalue weighted by Crippen LogP contribution is -2.30. The molecule has 1 aromatic rings. The van der Waals surface area contributed by atoms with Crippen LogP contribution < -0.4 is 0 Å². The zero-order valence-corrected chi connectivity index (χ0v) is 9.37. The molecule has 0 aliphatic rings. The van der Waals surface area contributed by atoms with Gasteiger partial charge in [-0.05, 0) is 37.6 Å². The molecule has 16 heavy (non-hydrogen) atoms. The van der Waals surface area contributed by atoms with Crippen LogP contribution in [0.5, 0.6) is 0 Å². The number of ether oxygens (including phenoxy) is 1. The molecular formula is C12H12FNO2. The lowest BCUT2D eigenvalue weighted by atomic mass is 9.84. The highest BCUT2D eigenvalue weighted by molar-refractivity contribution is 5.82. The average molecular weight is 221 g/mol. The second kappa shape index (κ2) is 4.31. The van der Waals surface area contributed by atoms with Gasteiger partial charge in [0.2, 0.25) is 0 Å². The monoisotopic (exact) mass is 221 g/mol. The minimum absolute atomic E-state index is 0.187. The molecule has 0 N–H and O–H groups in total. The zero-order valence-electron chi connectivity index (χ0n) is 9.37. The summed E-state index contributed by atoms with van der Waals surface area (Å²) in [6.45, 7) is 3.24. The summed E-state index contributed by atoms with van der Waals surface area (Å²) in [6, 6.07) is 5.69. The van der Waals surface area contributed by atoms with Crippen LogP contribution in [-0.4, -0.2) is 13.1 Å². The Balaban J connectivity index is 3.28. The van der Waals surface area contributed by atoms with Gasteiger partial charge in [-0.2, -0.15) is 5.26 Å². The molecule has 0 aliphatic heterocycles. The smallest absolute Gasteiger partial charge is 0.315 e. The molecule has 0 atom stereocenters. The molecule has 0 spiro atoms. The molecule has 0 saturated heterocycles. The van der Waals surface area contributed by atoms with Crippen LogP contribution >= 0.6 is 0 Å². The number of esters is 1. The summed E-state index contributed by atoms with van der Waals surface area (Å²) in [5.74, 6) is -1.01. The van der Waals surface area contributed by atoms with Crippen molar-refractivity contribution in [2.45, 2.75) is 19.3 Å². The van der Waals surface area contributed by atoms with Crippen molar-refractivity contribution in [3.05, 3.63) is 35.1 Å². The number of hydrogen-bond donors (Lipinski definition) is 0. The highest BCUT2D eigenvalue weighted by Gasteiger charge is 2.31. The van der Waals surface area contributed by atoms with E-state index in [4.69, 9.17) is 5.26 Å². The van der Waals surface area contributed by atoms with Crippen molar-refractivity contribution in [2.75, 3.05) is 7.11 Å². The maximum absolute atomic E-state index is 13.2. The van der Waals surface area contributed by atoms with Gasteiger partial charge in [-0.3, -0.25) is 4.79 Å². The van der Waals surface area contributed by atoms with Gasteiger partial charge in [-0.25, -0.2) is 4.39 Å². The van der Waals surface area contributed by atoms with Crippen molar-refractivity contribution in [3.8, 4) is 6.07 Å². The van der Waals surface area contributed by atoms with Crippen LogP contribution in [-0.2, 0) is 14.9 Å². The fourth-order valence-corrected chi connectivity index (χ4v) is 1.39. The van der Waals surface area contributed by atoms with Gasteiger partial charge in [-0.1, -0.05) is 0 Å². The fraction of sp³-hybridized carbons (Fsp3) is 0.333. The zero-order chi connectivity index (χ0) is 12.3. The SMILES string of the molecule is COC(=O)C(C)(C)c1cc(F)cc(C#N)c1. The van der Waals surface area contributed by atoms with Gasteiger partial charge in [0.1, 0.15) is 5.82 Å². The van der Waals surface area contributed by atoms with E-state index in [1.165, 1.54) is 19.2 Å². The highest BCUT2D eigenvalue weighted by atomic mass is 19.1. The first-order valence-corrected chi connectivity index (χ1v) is 4.71. The quantitative estimate of drug-likeness (QED) is 0.719. The third-order valence-corrected chi connectivity index (χ3v) is 2.44. The first-order chi connectivity index (χ1) is 7.41. The van der Waals surface area contributed by atoms with E-state index in [0.29, 0.717) is 5.56 Å². The summed E-state index contributed by atoms with van der Waals surface area (Å²) in [7, 11) is 1.27. The van der Waals surface area contributed by atoms with E-state index in [9.17, 15) is 9.18 Å². The molecule has 0 fully saturated rings. The minimum atomic E-state index is -0.970. The number of rotatable bonds is 2. The minimum Gasteiger partial charge on any atom is -0.468 e. The average Bonchev–Trinajstić information content (AvgIpc) is 2.26. The topological polar surface area (TPSA) is 50.1 Å². The summed E-state index contributed by atoms with van der Waals surface area (Å²) < 4.78 is 17.8. The van der Waals surface area contributed by atoms with E-state index in [0.717, 1.165) is 6.07 Å². The third kappa shape index (κ3) is 2.19. The molecular weight excluding hydrogens is 209 g/mol. The first kappa shape index (κ1) is 12.2. The van der Waals surface area contributed by atoms with E-state index in [-0.39, 0.29) is 5.56 Å². The summed E-state index contributed by atoms with van der Waals surface area (Å²) in [5.41, 5.74) is -0.356. The fourth-order valence-electron chi connectivity index (χ4n) is 1.39. The van der Waals surface area contributed by atoms with Gasteiger partial charge in [0, 0.05) is 0 Å². The van der Waals surface area contributed by atoms with E-state index in [1.54, 1.807) is 13.8 Å². The first-order valence-electron chi connectivity index (χ1n) is 4.71. The van der Waals surface area contributed by atoms with Crippen LogP contribution in [0.4, 0.5) is 4.39 Å². The largest absolute Gasteiger partial charge is 0.468 e. The van der Waals surface area contributed by atoms with Gasteiger partial charge in [0.25, 0.3) is 0 Å². The molecule has 0 aromatic heterocycles. The normalized spacial score (nSPS) is 10.7. The second-order valence-electron chi connectivity index (χ2n) is 3.96. The number of nitriles is 1. The molecule has 84 valence electrons. The Labute approximate surface area is 93.5 Å². The Morgan fingerprint density at radius 3 is 2.56 bits per heavy atom. The van der Waals surface area contributed by atoms with Crippen LogP contribution in [0.1, 0.15) is 25.0 Å². The van der Waals surface area contributed by atoms with Gasteiger partial charge >= 0.3 is 5.97 Å². The van der Waals surface area contributed by atoms with E-state index in [2.05, 4.69) is 4.74 Å². The van der Waals surface area contributed by atoms with E-state index >= 15 is 0 Å². The summed E-state index contributed by atoms with van der Waals surface area (Å²) in [6.07, 6.45) is 0. The highest BCUT2D eigenvalue weighted by Crippen LogP contribution is 2.26. The van der Waals surface area contributed by atoms with Crippen molar-refractivity contribution in [2.24, 2.45) is 0 Å². The Hall–Kier alpha value is -1.89. The molecule has 0 amide bonds. The Kier molecular flexibility index (Phi) is 3.28. The second-order valence-corrected chi connectivity index (χ2v) is 3.96. The molecule has 0 unspecified atom stereocenters. The summed E-state index contributed by atoms with van der Waals surface area (Å²) in [5, 5.41) is 8.72. The Morgan fingerprint density at radius 2 is 2.06 bits per heavy atom. The maximum atomic E-state index is 13.2. The predicted molar refractivity (Wildman–Crippen MR) is 56.2 cm³/mol. The Morgan fingerprint density at radius 1 is 1.44 bits per heavy atom. The number of nitrogens with zero attached hydrogens (tertiary/aromatic N) is 1. The number of hydrogen-bond acceptors (Lipinski definition) is 3. The van der Waals surface area contributed by atoms with Crippen molar-refractivity contribution < 1.29 is 13.9 Å². The molecule has 3 nitrogen and oxygen atoms in total. The van der Waals surface area contributed by atoms with Gasteiger partial charge in [0.15, 0.2) is 0 Å². The van der Waals surface area contributed by atoms with Crippen molar-refractivity contribution in [1.29, 1.82) is 5.26 Å². The molecule has 1 rings (SSSR count). The molecule has 0 heterocycles. The number of benzene rings is 1. The molecule has 0 bridgehead atoms. The standard InChI is InChI=1S/C12H12FNO2/c1-12(2,11(15)16-3)9-4-8(7-14)5-10(13)6-9/h4-6H,1-3H3. The van der Waals surface area contributed by atoms with Gasteiger partial charge in [-0.15, -0.1) is 0 Å². The van der Waals surface area contributed by atoms with Crippen LogP contribution in [0.15, 0.2) is 18.2 Å².